The van der Waals surface area contributed by atoms with E-state index in [9.17, 15) is 5.11 Å². The van der Waals surface area contributed by atoms with Crippen LogP contribution >= 0.6 is 0 Å². The molecule has 2 aliphatic rings. The van der Waals surface area contributed by atoms with Crippen molar-refractivity contribution in [3.8, 4) is 0 Å². The van der Waals surface area contributed by atoms with Gasteiger partial charge in [0.25, 0.3) is 0 Å². The van der Waals surface area contributed by atoms with E-state index >= 15 is 0 Å². The molecule has 7 heteroatoms. The fourth-order valence-electron chi connectivity index (χ4n) is 3.12. The van der Waals surface area contributed by atoms with Crippen LogP contribution in [-0.4, -0.2) is 55.0 Å². The van der Waals surface area contributed by atoms with E-state index in [4.69, 9.17) is 14.3 Å². The number of oxime groups is 1. The smallest absolute Gasteiger partial charge is 0.212 e. The Morgan fingerprint density at radius 1 is 1.04 bits per heavy atom. The average Bonchev–Trinajstić information content (AvgIpc) is 3.17. The van der Waals surface area contributed by atoms with Crippen LogP contribution in [0.5, 0.6) is 0 Å². The first kappa shape index (κ1) is 18.4. The number of rotatable bonds is 4. The first-order valence-electron chi connectivity index (χ1n) is 8.74. The van der Waals surface area contributed by atoms with E-state index in [2.05, 4.69) is 15.1 Å². The maximum atomic E-state index is 10.8. The highest BCUT2D eigenvalue weighted by molar-refractivity contribution is 6.00. The van der Waals surface area contributed by atoms with Gasteiger partial charge in [-0.2, -0.15) is 0 Å². The van der Waals surface area contributed by atoms with Gasteiger partial charge in [-0.1, -0.05) is 49.3 Å². The molecule has 4 atom stereocenters. The lowest BCUT2D eigenvalue weighted by atomic mass is 9.96. The Morgan fingerprint density at radius 2 is 1.65 bits per heavy atom. The molecule has 0 aliphatic carbocycles. The first-order valence-corrected chi connectivity index (χ1v) is 8.74. The van der Waals surface area contributed by atoms with E-state index in [1.807, 2.05) is 44.2 Å². The lowest BCUT2D eigenvalue weighted by molar-refractivity contribution is 0.0855. The fourth-order valence-corrected chi connectivity index (χ4v) is 3.12. The molecule has 1 aromatic rings. The van der Waals surface area contributed by atoms with Crippen molar-refractivity contribution in [1.29, 1.82) is 0 Å². The van der Waals surface area contributed by atoms with Crippen LogP contribution < -0.4 is 0 Å². The summed E-state index contributed by atoms with van der Waals surface area (Å²) < 4.78 is 10.8. The van der Waals surface area contributed by atoms with Crippen molar-refractivity contribution >= 4 is 17.5 Å². The summed E-state index contributed by atoms with van der Waals surface area (Å²) in [7, 11) is 3.09. The molecule has 2 aliphatic heterocycles. The van der Waals surface area contributed by atoms with E-state index in [0.29, 0.717) is 23.9 Å². The molecule has 140 valence electrons. The van der Waals surface area contributed by atoms with Crippen LogP contribution in [-0.2, 0) is 14.3 Å². The quantitative estimate of drug-likeness (QED) is 0.894. The normalized spacial score (nSPS) is 26.5. The van der Waals surface area contributed by atoms with Crippen LogP contribution in [0.1, 0.15) is 31.9 Å². The average molecular weight is 359 g/mol. The van der Waals surface area contributed by atoms with E-state index in [1.54, 1.807) is 7.11 Å². The van der Waals surface area contributed by atoms with Crippen LogP contribution in [0.25, 0.3) is 0 Å². The largest absolute Gasteiger partial charge is 0.483 e. The monoisotopic (exact) mass is 359 g/mol. The van der Waals surface area contributed by atoms with Crippen molar-refractivity contribution in [2.24, 2.45) is 21.1 Å². The minimum Gasteiger partial charge on any atom is -0.483 e. The summed E-state index contributed by atoms with van der Waals surface area (Å²) in [5.74, 6) is 1.07. The van der Waals surface area contributed by atoms with Crippen molar-refractivity contribution in [2.75, 3.05) is 14.2 Å². The summed E-state index contributed by atoms with van der Waals surface area (Å²) in [5, 5.41) is 14.9. The summed E-state index contributed by atoms with van der Waals surface area (Å²) in [6.07, 6.45) is -0.702. The van der Waals surface area contributed by atoms with Crippen molar-refractivity contribution in [1.82, 2.24) is 0 Å². The number of aliphatic hydroxyl groups excluding tert-OH is 1. The van der Waals surface area contributed by atoms with E-state index in [1.165, 1.54) is 7.11 Å². The maximum absolute atomic E-state index is 10.8. The van der Waals surface area contributed by atoms with Gasteiger partial charge in [-0.25, -0.2) is 9.98 Å². The van der Waals surface area contributed by atoms with Crippen molar-refractivity contribution in [3.05, 3.63) is 35.9 Å². The molecule has 0 saturated heterocycles. The maximum Gasteiger partial charge on any atom is 0.212 e. The molecule has 2 heterocycles. The second-order valence-electron chi connectivity index (χ2n) is 6.71. The van der Waals surface area contributed by atoms with E-state index in [-0.39, 0.29) is 18.1 Å². The van der Waals surface area contributed by atoms with Gasteiger partial charge in [0.05, 0.1) is 19.9 Å². The zero-order chi connectivity index (χ0) is 18.7. The van der Waals surface area contributed by atoms with E-state index < -0.39 is 12.1 Å². The zero-order valence-electron chi connectivity index (χ0n) is 15.5. The van der Waals surface area contributed by atoms with Crippen molar-refractivity contribution < 1.29 is 19.4 Å². The van der Waals surface area contributed by atoms with Gasteiger partial charge in [-0.15, -0.1) is 0 Å². The molecule has 0 amide bonds. The van der Waals surface area contributed by atoms with Crippen LogP contribution in [0.4, 0.5) is 0 Å². The van der Waals surface area contributed by atoms with Gasteiger partial charge in [-0.05, 0) is 11.5 Å². The summed E-state index contributed by atoms with van der Waals surface area (Å²) in [6, 6.07) is 8.89. The minimum absolute atomic E-state index is 0.201. The number of nitrogens with zero attached hydrogens (tertiary/aromatic N) is 3. The number of ether oxygens (including phenoxy) is 2. The van der Waals surface area contributed by atoms with Crippen LogP contribution in [0.15, 0.2) is 45.5 Å². The number of aliphatic hydroxyl groups is 1. The molecule has 0 fully saturated rings. The molecule has 7 nitrogen and oxygen atoms in total. The second-order valence-corrected chi connectivity index (χ2v) is 6.71. The molecule has 0 bridgehead atoms. The Balaban J connectivity index is 1.77. The van der Waals surface area contributed by atoms with Gasteiger partial charge in [0.1, 0.15) is 12.1 Å². The number of hydrogen-bond donors (Lipinski definition) is 1. The Hall–Kier alpha value is -2.41. The van der Waals surface area contributed by atoms with Crippen LogP contribution in [0.3, 0.4) is 0 Å². The van der Waals surface area contributed by atoms with Gasteiger partial charge >= 0.3 is 0 Å². The molecular formula is C19H25N3O4. The number of hydrogen-bond acceptors (Lipinski definition) is 7. The lowest BCUT2D eigenvalue weighted by Gasteiger charge is -2.29. The van der Waals surface area contributed by atoms with Gasteiger partial charge in [-0.3, -0.25) is 0 Å². The number of benzene rings is 1. The Morgan fingerprint density at radius 3 is 2.27 bits per heavy atom. The van der Waals surface area contributed by atoms with Crippen molar-refractivity contribution in [3.63, 3.8) is 0 Å². The summed E-state index contributed by atoms with van der Waals surface area (Å²) >= 11 is 0. The second kappa shape index (κ2) is 7.86. The first-order chi connectivity index (χ1) is 12.5. The highest BCUT2D eigenvalue weighted by Crippen LogP contribution is 2.30. The highest BCUT2D eigenvalue weighted by atomic mass is 16.6. The Kier molecular flexibility index (Phi) is 5.56. The topological polar surface area (TPSA) is 85.0 Å². The number of aliphatic imine (C=N–C) groups is 2. The zero-order valence-corrected chi connectivity index (χ0v) is 15.5. The van der Waals surface area contributed by atoms with Gasteiger partial charge in [0.2, 0.25) is 11.8 Å². The SMILES string of the molecule is COC1=N[C@H]([C@H](O)C2=NO[C@@H](c3ccccc3)C2)C(OC)=N[C@@H]1C(C)C. The highest BCUT2D eigenvalue weighted by Gasteiger charge is 2.39. The van der Waals surface area contributed by atoms with Gasteiger partial charge in [0, 0.05) is 6.42 Å². The molecule has 1 aromatic carbocycles. The number of methoxy groups -OCH3 is 2. The predicted molar refractivity (Wildman–Crippen MR) is 99.6 cm³/mol. The molecule has 26 heavy (non-hydrogen) atoms. The minimum atomic E-state index is -0.985. The summed E-state index contributed by atoms with van der Waals surface area (Å²) in [6.45, 7) is 4.07. The Labute approximate surface area is 153 Å². The van der Waals surface area contributed by atoms with Crippen molar-refractivity contribution in [2.45, 2.75) is 44.6 Å². The van der Waals surface area contributed by atoms with Gasteiger partial charge < -0.3 is 19.4 Å². The molecule has 0 radical (unpaired) electrons. The lowest BCUT2D eigenvalue weighted by Crippen LogP contribution is -2.45. The van der Waals surface area contributed by atoms with E-state index in [0.717, 1.165) is 5.56 Å². The summed E-state index contributed by atoms with van der Waals surface area (Å²) in [5.41, 5.74) is 1.54. The molecule has 3 rings (SSSR count). The third-order valence-electron chi connectivity index (χ3n) is 4.59. The third kappa shape index (κ3) is 3.58. The molecule has 0 saturated carbocycles. The predicted octanol–water partition coefficient (Wildman–Crippen LogP) is 2.36. The van der Waals surface area contributed by atoms with Gasteiger partial charge in [0.15, 0.2) is 12.1 Å². The molecule has 0 aromatic heterocycles. The molecule has 1 N–H and O–H groups in total. The fraction of sp³-hybridized carbons (Fsp3) is 0.526. The molecule has 0 spiro atoms. The standard InChI is InChI=1S/C19H25N3O4/c1-11(2)15-18(24-3)21-16(19(20-15)25-4)17(23)13-10-14(26-22-13)12-8-6-5-7-9-12/h5-9,11,14-17,23H,10H2,1-4H3/t14-,15-,16-,17-/m1/s1. The third-order valence-corrected chi connectivity index (χ3v) is 4.59. The molecular weight excluding hydrogens is 334 g/mol. The van der Waals surface area contributed by atoms with Crippen LogP contribution in [0.2, 0.25) is 0 Å². The summed E-state index contributed by atoms with van der Waals surface area (Å²) in [4.78, 5) is 14.6. The molecule has 0 unspecified atom stereocenters. The Bertz CT molecular complexity index is 715. The van der Waals surface area contributed by atoms with Crippen LogP contribution in [0, 0.1) is 5.92 Å².